The summed E-state index contributed by atoms with van der Waals surface area (Å²) in [5, 5.41) is 7.46. The lowest BCUT2D eigenvalue weighted by Crippen LogP contribution is -2.53. The molecule has 3 heterocycles. The first-order chi connectivity index (χ1) is 11.8. The fourth-order valence-electron chi connectivity index (χ4n) is 3.92. The van der Waals surface area contributed by atoms with Crippen molar-refractivity contribution in [3.8, 4) is 0 Å². The number of nitrogens with two attached hydrogens (primary N) is 1. The van der Waals surface area contributed by atoms with Gasteiger partial charge in [0, 0.05) is 51.7 Å². The average molecular weight is 358 g/mol. The number of amides is 2. The van der Waals surface area contributed by atoms with Crippen LogP contribution in [0.1, 0.15) is 12.8 Å². The van der Waals surface area contributed by atoms with E-state index in [0.29, 0.717) is 45.6 Å². The van der Waals surface area contributed by atoms with Crippen LogP contribution in [0.5, 0.6) is 0 Å². The van der Waals surface area contributed by atoms with E-state index in [1.165, 1.54) is 9.80 Å². The van der Waals surface area contributed by atoms with Gasteiger partial charge in [-0.1, -0.05) is 0 Å². The minimum Gasteiger partial charge on any atom is -0.370 e. The molecule has 0 unspecified atom stereocenters. The molecule has 0 aromatic carbocycles. The second-order valence-corrected chi connectivity index (χ2v) is 6.98. The largest absolute Gasteiger partial charge is 0.370 e. The zero-order chi connectivity index (χ0) is 18.2. The van der Waals surface area contributed by atoms with Gasteiger partial charge in [-0.15, -0.1) is 0 Å². The SMILES string of the molecule is N=C(N)N1CCN([C@H]2C[C@@H](C(=O)N3CCC(F)(F)C3)N(C=O)C2)CC1. The molecule has 3 rings (SSSR count). The van der Waals surface area contributed by atoms with Crippen LogP contribution in [0.3, 0.4) is 0 Å². The van der Waals surface area contributed by atoms with E-state index in [-0.39, 0.29) is 30.9 Å². The number of halogens is 2. The molecule has 3 aliphatic heterocycles. The van der Waals surface area contributed by atoms with Crippen LogP contribution in [-0.2, 0) is 9.59 Å². The van der Waals surface area contributed by atoms with Gasteiger partial charge in [0.05, 0.1) is 6.54 Å². The van der Waals surface area contributed by atoms with Crippen molar-refractivity contribution in [3.05, 3.63) is 0 Å². The average Bonchev–Trinajstić information content (AvgIpc) is 3.17. The fourth-order valence-corrected chi connectivity index (χ4v) is 3.92. The Morgan fingerprint density at radius 3 is 2.36 bits per heavy atom. The van der Waals surface area contributed by atoms with E-state index in [1.807, 2.05) is 0 Å². The second kappa shape index (κ2) is 6.74. The Balaban J connectivity index is 1.60. The van der Waals surface area contributed by atoms with Crippen LogP contribution in [-0.4, -0.2) is 102 Å². The highest BCUT2D eigenvalue weighted by molar-refractivity contribution is 5.84. The third kappa shape index (κ3) is 3.68. The van der Waals surface area contributed by atoms with Gasteiger partial charge in [-0.2, -0.15) is 0 Å². The van der Waals surface area contributed by atoms with Gasteiger partial charge >= 0.3 is 0 Å². The summed E-state index contributed by atoms with van der Waals surface area (Å²) in [5.41, 5.74) is 5.49. The lowest BCUT2D eigenvalue weighted by atomic mass is 10.1. The summed E-state index contributed by atoms with van der Waals surface area (Å²) in [4.78, 5) is 30.5. The topological polar surface area (TPSA) is 97.0 Å². The van der Waals surface area contributed by atoms with Crippen LogP contribution in [0.4, 0.5) is 8.78 Å². The van der Waals surface area contributed by atoms with Crippen LogP contribution in [0.2, 0.25) is 0 Å². The number of hydrogen-bond acceptors (Lipinski definition) is 4. The number of nitrogens with zero attached hydrogens (tertiary/aromatic N) is 4. The van der Waals surface area contributed by atoms with Crippen LogP contribution in [0.25, 0.3) is 0 Å². The summed E-state index contributed by atoms with van der Waals surface area (Å²) >= 11 is 0. The number of hydrogen-bond donors (Lipinski definition) is 2. The van der Waals surface area contributed by atoms with Gasteiger partial charge in [0.25, 0.3) is 5.92 Å². The van der Waals surface area contributed by atoms with Crippen LogP contribution in [0.15, 0.2) is 0 Å². The third-order valence-corrected chi connectivity index (χ3v) is 5.39. The summed E-state index contributed by atoms with van der Waals surface area (Å²) in [7, 11) is 0. The van der Waals surface area contributed by atoms with E-state index in [2.05, 4.69) is 4.90 Å². The Kier molecular flexibility index (Phi) is 4.81. The fraction of sp³-hybridized carbons (Fsp3) is 0.800. The van der Waals surface area contributed by atoms with Crippen molar-refractivity contribution in [1.29, 1.82) is 5.41 Å². The molecule has 0 saturated carbocycles. The second-order valence-electron chi connectivity index (χ2n) is 6.98. The van der Waals surface area contributed by atoms with Crippen molar-refractivity contribution in [1.82, 2.24) is 19.6 Å². The van der Waals surface area contributed by atoms with Gasteiger partial charge in [-0.05, 0) is 6.42 Å². The molecule has 3 aliphatic rings. The Morgan fingerprint density at radius 2 is 1.84 bits per heavy atom. The summed E-state index contributed by atoms with van der Waals surface area (Å²) < 4.78 is 26.7. The summed E-state index contributed by atoms with van der Waals surface area (Å²) in [5.74, 6) is -3.17. The van der Waals surface area contributed by atoms with Gasteiger partial charge in [-0.25, -0.2) is 8.78 Å². The molecule has 8 nitrogen and oxygen atoms in total. The Morgan fingerprint density at radius 1 is 1.16 bits per heavy atom. The van der Waals surface area contributed by atoms with Crippen molar-refractivity contribution >= 4 is 18.3 Å². The molecule has 0 spiro atoms. The number of guanidine groups is 1. The predicted octanol–water partition coefficient (Wildman–Crippen LogP) is -1.04. The third-order valence-electron chi connectivity index (χ3n) is 5.39. The standard InChI is InChI=1S/C15H24F2N6O2/c16-15(17)1-2-22(9-15)13(25)12-7-11(8-23(12)10-24)20-3-5-21(6-4-20)14(18)19/h10-12H,1-9H2,(H3,18,19)/t11-,12-/m0/s1. The Labute approximate surface area is 145 Å². The van der Waals surface area contributed by atoms with E-state index >= 15 is 0 Å². The molecule has 3 saturated heterocycles. The van der Waals surface area contributed by atoms with E-state index in [0.717, 1.165) is 0 Å². The molecule has 10 heteroatoms. The minimum absolute atomic E-state index is 0.0244. The number of carbonyl (C=O) groups is 2. The van der Waals surface area contributed by atoms with Crippen molar-refractivity contribution in [3.63, 3.8) is 0 Å². The predicted molar refractivity (Wildman–Crippen MR) is 86.2 cm³/mol. The van der Waals surface area contributed by atoms with E-state index in [9.17, 15) is 18.4 Å². The van der Waals surface area contributed by atoms with Crippen LogP contribution < -0.4 is 5.73 Å². The normalized spacial score (nSPS) is 29.9. The molecule has 140 valence electrons. The van der Waals surface area contributed by atoms with Gasteiger partial charge in [-0.3, -0.25) is 19.9 Å². The maximum Gasteiger partial charge on any atom is 0.267 e. The van der Waals surface area contributed by atoms with Gasteiger partial charge in [0.2, 0.25) is 12.3 Å². The molecule has 0 aliphatic carbocycles. The number of piperazine rings is 1. The molecule has 3 N–H and O–H groups in total. The molecular formula is C15H24F2N6O2. The van der Waals surface area contributed by atoms with Crippen molar-refractivity contribution in [2.24, 2.45) is 5.73 Å². The molecular weight excluding hydrogens is 334 g/mol. The molecule has 0 aromatic heterocycles. The molecule has 0 bridgehead atoms. The zero-order valence-corrected chi connectivity index (χ0v) is 14.0. The number of nitrogens with one attached hydrogen (secondary N) is 1. The number of alkyl halides is 2. The first-order valence-corrected chi connectivity index (χ1v) is 8.51. The maximum atomic E-state index is 13.4. The quantitative estimate of drug-likeness (QED) is 0.382. The van der Waals surface area contributed by atoms with Crippen molar-refractivity contribution in [2.75, 3.05) is 45.8 Å². The smallest absolute Gasteiger partial charge is 0.267 e. The Hall–Kier alpha value is -1.97. The first-order valence-electron chi connectivity index (χ1n) is 8.51. The highest BCUT2D eigenvalue weighted by Gasteiger charge is 2.46. The van der Waals surface area contributed by atoms with Crippen molar-refractivity contribution < 1.29 is 18.4 Å². The van der Waals surface area contributed by atoms with Gasteiger partial charge < -0.3 is 20.4 Å². The van der Waals surface area contributed by atoms with Gasteiger partial charge in [0.1, 0.15) is 6.04 Å². The molecule has 0 aromatic rings. The number of carbonyl (C=O) groups excluding carboxylic acids is 2. The highest BCUT2D eigenvalue weighted by Crippen LogP contribution is 2.30. The molecule has 25 heavy (non-hydrogen) atoms. The molecule has 3 fully saturated rings. The Bertz CT molecular complexity index is 552. The van der Waals surface area contributed by atoms with Gasteiger partial charge in [0.15, 0.2) is 5.96 Å². The van der Waals surface area contributed by atoms with E-state index in [1.54, 1.807) is 4.90 Å². The summed E-state index contributed by atoms with van der Waals surface area (Å²) in [6.45, 7) is 2.55. The maximum absolute atomic E-state index is 13.4. The lowest BCUT2D eigenvalue weighted by molar-refractivity contribution is -0.139. The summed E-state index contributed by atoms with van der Waals surface area (Å²) in [6, 6.07) is -0.640. The lowest BCUT2D eigenvalue weighted by Gasteiger charge is -2.37. The zero-order valence-electron chi connectivity index (χ0n) is 14.0. The summed E-state index contributed by atoms with van der Waals surface area (Å²) in [6.07, 6.45) is 0.783. The van der Waals surface area contributed by atoms with Crippen molar-refractivity contribution in [2.45, 2.75) is 30.8 Å². The molecule has 0 radical (unpaired) electrons. The monoisotopic (exact) mass is 358 g/mol. The minimum atomic E-state index is -2.83. The highest BCUT2D eigenvalue weighted by atomic mass is 19.3. The molecule has 2 amide bonds. The number of likely N-dealkylation sites (tertiary alicyclic amines) is 2. The first kappa shape index (κ1) is 17.8. The van der Waals surface area contributed by atoms with Crippen LogP contribution >= 0.6 is 0 Å². The number of rotatable bonds is 3. The molecule has 2 atom stereocenters. The van der Waals surface area contributed by atoms with E-state index < -0.39 is 18.5 Å². The van der Waals surface area contributed by atoms with Crippen LogP contribution in [0, 0.1) is 5.41 Å². The van der Waals surface area contributed by atoms with E-state index in [4.69, 9.17) is 11.1 Å².